The van der Waals surface area contributed by atoms with Crippen LogP contribution in [0.25, 0.3) is 0 Å². The van der Waals surface area contributed by atoms with Crippen LogP contribution in [0, 0.1) is 20.2 Å². The lowest BCUT2D eigenvalue weighted by Crippen LogP contribution is -2.02. The number of ether oxygens (including phenoxy) is 1. The van der Waals surface area contributed by atoms with Crippen molar-refractivity contribution in [3.63, 3.8) is 0 Å². The van der Waals surface area contributed by atoms with E-state index in [9.17, 15) is 20.2 Å². The number of hydrogen-bond acceptors (Lipinski definition) is 5. The smallest absolute Gasteiger partial charge is 0.275 e. The highest BCUT2D eigenvalue weighted by Crippen LogP contribution is 2.25. The number of nitro groups is 2. The van der Waals surface area contributed by atoms with Crippen LogP contribution in [0.1, 0.15) is 22.3 Å². The van der Waals surface area contributed by atoms with Gasteiger partial charge in [0.1, 0.15) is 0 Å². The van der Waals surface area contributed by atoms with Crippen LogP contribution >= 0.6 is 23.2 Å². The van der Waals surface area contributed by atoms with Crippen molar-refractivity contribution >= 4 is 34.6 Å². The lowest BCUT2D eigenvalue weighted by molar-refractivity contribution is -0.386. The number of rotatable bonds is 8. The number of nitro benzene ring substituents is 2. The molecule has 0 aliphatic rings. The number of hydrogen-bond donors (Lipinski definition) is 0. The summed E-state index contributed by atoms with van der Waals surface area (Å²) in [4.78, 5) is 21.3. The maximum Gasteiger partial charge on any atom is 0.275 e. The Labute approximate surface area is 153 Å². The first-order valence-electron chi connectivity index (χ1n) is 7.18. The second-order valence-corrected chi connectivity index (χ2v) is 5.73. The topological polar surface area (TPSA) is 95.5 Å². The first kappa shape index (κ1) is 19.1. The van der Waals surface area contributed by atoms with Crippen LogP contribution in [0.2, 0.25) is 0 Å². The number of halogens is 2. The largest absolute Gasteiger partial charge is 0.372 e. The molecule has 25 heavy (non-hydrogen) atoms. The minimum atomic E-state index is -0.507. The molecule has 0 aliphatic heterocycles. The Morgan fingerprint density at radius 2 is 1.20 bits per heavy atom. The van der Waals surface area contributed by atoms with Gasteiger partial charge in [-0.15, -0.1) is 23.2 Å². The number of alkyl halides is 2. The van der Waals surface area contributed by atoms with Crippen molar-refractivity contribution in [2.24, 2.45) is 0 Å². The molecule has 0 radical (unpaired) electrons. The van der Waals surface area contributed by atoms with Crippen LogP contribution in [-0.4, -0.2) is 9.85 Å². The maximum absolute atomic E-state index is 11.1. The third kappa shape index (κ3) is 4.88. The lowest BCUT2D eigenvalue weighted by atomic mass is 10.1. The molecule has 0 fully saturated rings. The average Bonchev–Trinajstić information content (AvgIpc) is 2.61. The van der Waals surface area contributed by atoms with Crippen molar-refractivity contribution in [3.05, 3.63) is 78.9 Å². The van der Waals surface area contributed by atoms with Crippen LogP contribution in [0.5, 0.6) is 0 Å². The van der Waals surface area contributed by atoms with E-state index in [4.69, 9.17) is 27.9 Å². The summed E-state index contributed by atoms with van der Waals surface area (Å²) < 4.78 is 5.46. The molecule has 132 valence electrons. The molecule has 7 nitrogen and oxygen atoms in total. The molecule has 0 bridgehead atoms. The van der Waals surface area contributed by atoms with Gasteiger partial charge in [0.15, 0.2) is 0 Å². The van der Waals surface area contributed by atoms with Crippen LogP contribution in [0.4, 0.5) is 11.4 Å². The molecule has 0 atom stereocenters. The molecule has 0 heterocycles. The molecule has 0 saturated carbocycles. The minimum absolute atomic E-state index is 0.0483. The molecular formula is C16H14Cl2N2O5. The van der Waals surface area contributed by atoms with E-state index >= 15 is 0 Å². The molecular weight excluding hydrogens is 371 g/mol. The van der Waals surface area contributed by atoms with Gasteiger partial charge in [0, 0.05) is 23.9 Å². The second kappa shape index (κ2) is 8.75. The minimum Gasteiger partial charge on any atom is -0.372 e. The molecule has 0 unspecified atom stereocenters. The molecule has 0 N–H and O–H groups in total. The van der Waals surface area contributed by atoms with E-state index < -0.39 is 9.85 Å². The summed E-state index contributed by atoms with van der Waals surface area (Å²) in [6, 6.07) is 9.28. The van der Waals surface area contributed by atoms with E-state index in [1.807, 2.05) is 0 Å². The average molecular weight is 385 g/mol. The molecule has 0 aromatic heterocycles. The first-order valence-corrected chi connectivity index (χ1v) is 8.25. The summed E-state index contributed by atoms with van der Waals surface area (Å²) in [5.41, 5.74) is 1.82. The first-order chi connectivity index (χ1) is 12.0. The predicted octanol–water partition coefficient (Wildman–Crippen LogP) is 4.70. The predicted molar refractivity (Wildman–Crippen MR) is 93.8 cm³/mol. The van der Waals surface area contributed by atoms with Gasteiger partial charge in [-0.05, 0) is 23.3 Å². The second-order valence-electron chi connectivity index (χ2n) is 5.20. The van der Waals surface area contributed by atoms with Crippen molar-refractivity contribution in [2.75, 3.05) is 0 Å². The van der Waals surface area contributed by atoms with Gasteiger partial charge in [-0.3, -0.25) is 20.2 Å². The highest BCUT2D eigenvalue weighted by atomic mass is 35.5. The fourth-order valence-electron chi connectivity index (χ4n) is 2.24. The van der Waals surface area contributed by atoms with Gasteiger partial charge in [0.2, 0.25) is 0 Å². The zero-order valence-electron chi connectivity index (χ0n) is 13.0. The van der Waals surface area contributed by atoms with Gasteiger partial charge in [0.05, 0.1) is 34.2 Å². The van der Waals surface area contributed by atoms with E-state index in [0.717, 1.165) is 0 Å². The van der Waals surface area contributed by atoms with E-state index in [1.54, 1.807) is 24.3 Å². The highest BCUT2D eigenvalue weighted by Gasteiger charge is 2.17. The van der Waals surface area contributed by atoms with Crippen molar-refractivity contribution < 1.29 is 14.6 Å². The van der Waals surface area contributed by atoms with Crippen molar-refractivity contribution in [3.8, 4) is 0 Å². The Morgan fingerprint density at radius 1 is 0.800 bits per heavy atom. The molecule has 9 heteroatoms. The Morgan fingerprint density at radius 3 is 1.52 bits per heavy atom. The summed E-state index contributed by atoms with van der Waals surface area (Å²) in [5, 5.41) is 22.3. The molecule has 0 amide bonds. The van der Waals surface area contributed by atoms with Gasteiger partial charge in [-0.1, -0.05) is 12.1 Å². The van der Waals surface area contributed by atoms with E-state index in [-0.39, 0.29) is 36.3 Å². The Hall–Kier alpha value is -2.22. The third-order valence-electron chi connectivity index (χ3n) is 3.52. The van der Waals surface area contributed by atoms with Crippen molar-refractivity contribution in [1.29, 1.82) is 0 Å². The summed E-state index contributed by atoms with van der Waals surface area (Å²) >= 11 is 11.4. The van der Waals surface area contributed by atoms with Crippen molar-refractivity contribution in [1.82, 2.24) is 0 Å². The standard InChI is InChI=1S/C16H14Cl2N2O5/c17-7-11-1-3-13(15(5-11)19(21)22)9-25-10-14-4-2-12(8-18)6-16(14)20(23)24/h1-6H,7-10H2. The van der Waals surface area contributed by atoms with Gasteiger partial charge < -0.3 is 4.74 Å². The van der Waals surface area contributed by atoms with Crippen LogP contribution in [-0.2, 0) is 29.7 Å². The van der Waals surface area contributed by atoms with Gasteiger partial charge in [0.25, 0.3) is 11.4 Å². The fourth-order valence-corrected chi connectivity index (χ4v) is 2.57. The van der Waals surface area contributed by atoms with Gasteiger partial charge >= 0.3 is 0 Å². The lowest BCUT2D eigenvalue weighted by Gasteiger charge is -2.08. The Balaban J connectivity index is 2.13. The van der Waals surface area contributed by atoms with E-state index in [1.165, 1.54) is 12.1 Å². The van der Waals surface area contributed by atoms with Gasteiger partial charge in [-0.2, -0.15) is 0 Å². The summed E-state index contributed by atoms with van der Waals surface area (Å²) in [6.07, 6.45) is 0. The van der Waals surface area contributed by atoms with Crippen molar-refractivity contribution in [2.45, 2.75) is 25.0 Å². The SMILES string of the molecule is O=[N+]([O-])c1cc(CCl)ccc1COCc1ccc(CCl)cc1[N+](=O)[O-]. The third-order valence-corrected chi connectivity index (χ3v) is 4.13. The van der Waals surface area contributed by atoms with Gasteiger partial charge in [-0.25, -0.2) is 0 Å². The summed E-state index contributed by atoms with van der Waals surface area (Å²) in [7, 11) is 0. The van der Waals surface area contributed by atoms with Crippen LogP contribution < -0.4 is 0 Å². The molecule has 2 rings (SSSR count). The summed E-state index contributed by atoms with van der Waals surface area (Å²) in [6.45, 7) is -0.0966. The number of benzene rings is 2. The zero-order chi connectivity index (χ0) is 18.4. The molecule has 0 spiro atoms. The zero-order valence-corrected chi connectivity index (χ0v) is 14.5. The van der Waals surface area contributed by atoms with E-state index in [2.05, 4.69) is 0 Å². The highest BCUT2D eigenvalue weighted by molar-refractivity contribution is 6.17. The monoisotopic (exact) mass is 384 g/mol. The normalized spacial score (nSPS) is 10.6. The maximum atomic E-state index is 11.1. The fraction of sp³-hybridized carbons (Fsp3) is 0.250. The molecule has 0 aliphatic carbocycles. The van der Waals surface area contributed by atoms with Crippen LogP contribution in [0.15, 0.2) is 36.4 Å². The number of nitrogens with zero attached hydrogens (tertiary/aromatic N) is 2. The molecule has 2 aromatic rings. The van der Waals surface area contributed by atoms with Crippen LogP contribution in [0.3, 0.4) is 0 Å². The quantitative estimate of drug-likeness (QED) is 0.373. The Bertz CT molecular complexity index is 733. The Kier molecular flexibility index (Phi) is 6.69. The summed E-state index contributed by atoms with van der Waals surface area (Å²) in [5.74, 6) is 0.335. The molecule has 0 saturated heterocycles. The molecule has 2 aromatic carbocycles. The van der Waals surface area contributed by atoms with E-state index in [0.29, 0.717) is 22.3 Å².